The average molecular weight is 273 g/mol. The fraction of sp³-hybridized carbons (Fsp3) is 0.200. The quantitative estimate of drug-likeness (QED) is 0.543. The largest absolute Gasteiger partial charge is 0.310 e. The van der Waals surface area contributed by atoms with Gasteiger partial charge in [0.15, 0.2) is 0 Å². The number of aromatic nitrogens is 1. The molecule has 0 N–H and O–H groups in total. The molecule has 0 saturated heterocycles. The lowest BCUT2D eigenvalue weighted by molar-refractivity contribution is 1.02. The molecule has 1 aliphatic carbocycles. The topological polar surface area (TPSA) is 4.93 Å². The van der Waals surface area contributed by atoms with Crippen LogP contribution in [0, 0.1) is 13.8 Å². The molecule has 2 aromatic carbocycles. The summed E-state index contributed by atoms with van der Waals surface area (Å²) >= 11 is 0. The predicted octanol–water partition coefficient (Wildman–Crippen LogP) is 5.60. The van der Waals surface area contributed by atoms with Gasteiger partial charge in [-0.1, -0.05) is 35.4 Å². The van der Waals surface area contributed by atoms with E-state index in [4.69, 9.17) is 0 Å². The third-order valence-electron chi connectivity index (χ3n) is 4.31. The van der Waals surface area contributed by atoms with Gasteiger partial charge in [-0.15, -0.1) is 0 Å². The molecule has 1 heterocycles. The first-order valence-electron chi connectivity index (χ1n) is 7.62. The van der Waals surface area contributed by atoms with Gasteiger partial charge in [0.05, 0.1) is 11.0 Å². The molecule has 21 heavy (non-hydrogen) atoms. The van der Waals surface area contributed by atoms with E-state index in [1.807, 2.05) is 0 Å². The number of hydrogen-bond acceptors (Lipinski definition) is 0. The second-order valence-corrected chi connectivity index (χ2v) is 5.99. The highest BCUT2D eigenvalue weighted by Crippen LogP contribution is 2.34. The van der Waals surface area contributed by atoms with Gasteiger partial charge in [0, 0.05) is 16.5 Å². The standard InChI is InChI=1S/C20H19N/c1-14-8-10-19-17(12-14)18-13-15(2)9-11-20(18)21(19)16-6-4-3-5-7-16/h4,6-13H,3,5H2,1-2H3. The van der Waals surface area contributed by atoms with Crippen molar-refractivity contribution in [1.82, 2.24) is 4.57 Å². The Morgan fingerprint density at radius 2 is 1.43 bits per heavy atom. The molecule has 0 amide bonds. The van der Waals surface area contributed by atoms with Gasteiger partial charge < -0.3 is 4.57 Å². The Kier molecular flexibility index (Phi) is 2.75. The molecule has 1 aromatic heterocycles. The monoisotopic (exact) mass is 273 g/mol. The van der Waals surface area contributed by atoms with Crippen LogP contribution < -0.4 is 0 Å². The molecule has 0 fully saturated rings. The van der Waals surface area contributed by atoms with Crippen molar-refractivity contribution in [3.8, 4) is 0 Å². The number of rotatable bonds is 1. The van der Waals surface area contributed by atoms with E-state index in [2.05, 4.69) is 73.0 Å². The minimum absolute atomic E-state index is 1.13. The van der Waals surface area contributed by atoms with E-state index in [-0.39, 0.29) is 0 Å². The Morgan fingerprint density at radius 3 is 1.95 bits per heavy atom. The van der Waals surface area contributed by atoms with Crippen molar-refractivity contribution in [2.45, 2.75) is 26.7 Å². The Hall–Kier alpha value is -2.28. The van der Waals surface area contributed by atoms with Crippen molar-refractivity contribution in [3.05, 3.63) is 65.8 Å². The molecular weight excluding hydrogens is 254 g/mol. The van der Waals surface area contributed by atoms with Gasteiger partial charge in [-0.2, -0.15) is 0 Å². The first-order valence-corrected chi connectivity index (χ1v) is 7.62. The predicted molar refractivity (Wildman–Crippen MR) is 91.6 cm³/mol. The first kappa shape index (κ1) is 12.5. The van der Waals surface area contributed by atoms with Crippen molar-refractivity contribution in [3.63, 3.8) is 0 Å². The molecule has 0 saturated carbocycles. The van der Waals surface area contributed by atoms with Gasteiger partial charge in [-0.3, -0.25) is 0 Å². The molecule has 3 aromatic rings. The Balaban J connectivity index is 2.16. The molecule has 0 atom stereocenters. The van der Waals surface area contributed by atoms with Crippen molar-refractivity contribution >= 4 is 27.5 Å². The SMILES string of the molecule is Cc1ccc2c(c1)c1cc(C)ccc1n2C1=CCCC=C1. The Bertz CT molecular complexity index is 847. The Labute approximate surface area is 125 Å². The highest BCUT2D eigenvalue weighted by molar-refractivity contribution is 6.10. The Morgan fingerprint density at radius 1 is 0.810 bits per heavy atom. The molecule has 104 valence electrons. The lowest BCUT2D eigenvalue weighted by atomic mass is 10.1. The van der Waals surface area contributed by atoms with Crippen LogP contribution in [0.1, 0.15) is 24.0 Å². The van der Waals surface area contributed by atoms with Gasteiger partial charge >= 0.3 is 0 Å². The van der Waals surface area contributed by atoms with E-state index in [1.165, 1.54) is 38.6 Å². The zero-order valence-corrected chi connectivity index (χ0v) is 12.6. The summed E-state index contributed by atoms with van der Waals surface area (Å²) in [6, 6.07) is 13.5. The molecule has 1 nitrogen and oxygen atoms in total. The van der Waals surface area contributed by atoms with E-state index >= 15 is 0 Å². The first-order chi connectivity index (χ1) is 10.2. The van der Waals surface area contributed by atoms with E-state index in [0.29, 0.717) is 0 Å². The van der Waals surface area contributed by atoms with Gasteiger partial charge in [-0.25, -0.2) is 0 Å². The maximum Gasteiger partial charge on any atom is 0.0541 e. The van der Waals surface area contributed by atoms with E-state index in [9.17, 15) is 0 Å². The number of hydrogen-bond donors (Lipinski definition) is 0. The van der Waals surface area contributed by atoms with E-state index in [1.54, 1.807) is 0 Å². The van der Waals surface area contributed by atoms with Crippen LogP contribution >= 0.6 is 0 Å². The smallest absolute Gasteiger partial charge is 0.0541 e. The number of nitrogens with zero attached hydrogens (tertiary/aromatic N) is 1. The van der Waals surface area contributed by atoms with Gasteiger partial charge in [-0.05, 0) is 57.0 Å². The summed E-state index contributed by atoms with van der Waals surface area (Å²) in [7, 11) is 0. The highest BCUT2D eigenvalue weighted by atomic mass is 15.0. The highest BCUT2D eigenvalue weighted by Gasteiger charge is 2.13. The lowest BCUT2D eigenvalue weighted by Gasteiger charge is -2.12. The third-order valence-corrected chi connectivity index (χ3v) is 4.31. The van der Waals surface area contributed by atoms with Gasteiger partial charge in [0.1, 0.15) is 0 Å². The van der Waals surface area contributed by atoms with Crippen molar-refractivity contribution in [2.75, 3.05) is 0 Å². The van der Waals surface area contributed by atoms with Crippen molar-refractivity contribution in [1.29, 1.82) is 0 Å². The summed E-state index contributed by atoms with van der Waals surface area (Å²) in [6.07, 6.45) is 9.15. The van der Waals surface area contributed by atoms with Crippen LogP contribution in [-0.4, -0.2) is 4.57 Å². The van der Waals surface area contributed by atoms with Crippen molar-refractivity contribution in [2.24, 2.45) is 0 Å². The zero-order valence-electron chi connectivity index (χ0n) is 12.6. The molecule has 0 bridgehead atoms. The molecule has 1 heteroatoms. The molecule has 4 rings (SSSR count). The normalized spacial score (nSPS) is 14.9. The lowest BCUT2D eigenvalue weighted by Crippen LogP contribution is -1.96. The van der Waals surface area contributed by atoms with Crippen LogP contribution in [-0.2, 0) is 0 Å². The summed E-state index contributed by atoms with van der Waals surface area (Å²) in [5.74, 6) is 0. The van der Waals surface area contributed by atoms with Gasteiger partial charge in [0.2, 0.25) is 0 Å². The third kappa shape index (κ3) is 1.92. The zero-order chi connectivity index (χ0) is 14.4. The van der Waals surface area contributed by atoms with Crippen LogP contribution in [0.15, 0.2) is 54.6 Å². The minimum atomic E-state index is 1.13. The van der Waals surface area contributed by atoms with Crippen LogP contribution in [0.2, 0.25) is 0 Å². The summed E-state index contributed by atoms with van der Waals surface area (Å²) in [5, 5.41) is 2.71. The summed E-state index contributed by atoms with van der Waals surface area (Å²) < 4.78 is 2.40. The molecule has 1 aliphatic rings. The minimum Gasteiger partial charge on any atom is -0.310 e. The molecule has 0 spiro atoms. The van der Waals surface area contributed by atoms with E-state index < -0.39 is 0 Å². The second-order valence-electron chi connectivity index (χ2n) is 5.99. The number of fused-ring (bicyclic) bond motifs is 3. The van der Waals surface area contributed by atoms with Gasteiger partial charge in [0.25, 0.3) is 0 Å². The molecular formula is C20H19N. The number of aryl methyl sites for hydroxylation is 2. The van der Waals surface area contributed by atoms with Crippen LogP contribution in [0.3, 0.4) is 0 Å². The number of benzene rings is 2. The molecule has 0 radical (unpaired) electrons. The molecule has 0 aliphatic heterocycles. The van der Waals surface area contributed by atoms with Crippen molar-refractivity contribution < 1.29 is 0 Å². The van der Waals surface area contributed by atoms with Crippen LogP contribution in [0.5, 0.6) is 0 Å². The fourth-order valence-corrected chi connectivity index (χ4v) is 3.29. The molecule has 0 unspecified atom stereocenters. The maximum atomic E-state index is 2.40. The van der Waals surface area contributed by atoms with E-state index in [0.717, 1.165) is 12.8 Å². The average Bonchev–Trinajstić information content (AvgIpc) is 2.81. The maximum absolute atomic E-state index is 2.40. The number of allylic oxidation sites excluding steroid dienone is 4. The summed E-state index contributed by atoms with van der Waals surface area (Å²) in [6.45, 7) is 4.33. The summed E-state index contributed by atoms with van der Waals surface area (Å²) in [5.41, 5.74) is 6.54. The van der Waals surface area contributed by atoms with Crippen LogP contribution in [0.4, 0.5) is 0 Å². The fourth-order valence-electron chi connectivity index (χ4n) is 3.29. The van der Waals surface area contributed by atoms with Crippen LogP contribution in [0.25, 0.3) is 27.5 Å². The second kappa shape index (κ2) is 4.63. The summed E-state index contributed by atoms with van der Waals surface area (Å²) in [4.78, 5) is 0.